The van der Waals surface area contributed by atoms with Crippen LogP contribution in [0.3, 0.4) is 0 Å². The maximum absolute atomic E-state index is 12.6. The highest BCUT2D eigenvalue weighted by Crippen LogP contribution is 2.29. The Bertz CT molecular complexity index is 775. The second kappa shape index (κ2) is 9.15. The molecule has 0 radical (unpaired) electrons. The third-order valence-corrected chi connectivity index (χ3v) is 3.05. The van der Waals surface area contributed by atoms with Crippen molar-refractivity contribution in [1.29, 1.82) is 0 Å². The Hall–Kier alpha value is -2.18. The van der Waals surface area contributed by atoms with Crippen LogP contribution >= 0.6 is 24.0 Å². The molecule has 2 rings (SSSR count). The van der Waals surface area contributed by atoms with Gasteiger partial charge in [0.15, 0.2) is 5.96 Å². The molecule has 0 saturated heterocycles. The molecule has 0 unspecified atom stereocenters. The number of guanidine groups is 1. The average Bonchev–Trinajstić information content (AvgIpc) is 2.53. The van der Waals surface area contributed by atoms with Crippen molar-refractivity contribution >= 4 is 35.6 Å². The molecule has 0 bridgehead atoms. The number of nitrogens with zero attached hydrogens (tertiary/aromatic N) is 1. The van der Waals surface area contributed by atoms with Gasteiger partial charge < -0.3 is 15.8 Å². The van der Waals surface area contributed by atoms with Gasteiger partial charge in [0.05, 0.1) is 12.1 Å². The first-order chi connectivity index (χ1) is 12.0. The van der Waals surface area contributed by atoms with E-state index in [1.807, 2.05) is 0 Å². The molecule has 3 N–H and O–H groups in total. The Balaban J connectivity index is 0.00000364. The van der Waals surface area contributed by atoms with Gasteiger partial charge in [0, 0.05) is 5.69 Å². The standard InChI is InChI=1S/C16H13F6N3O.HI/c17-15(18,19)11-3-1-2-10(8-11)9-24-14(23)25-12-4-6-13(7-5-12)26-16(20,21)22;/h1-8H,9H2,(H3,23,24,25);1H. The predicted octanol–water partition coefficient (Wildman–Crippen LogP) is 5.15. The lowest BCUT2D eigenvalue weighted by atomic mass is 10.1. The maximum atomic E-state index is 12.6. The minimum absolute atomic E-state index is 0. The third-order valence-electron chi connectivity index (χ3n) is 3.05. The summed E-state index contributed by atoms with van der Waals surface area (Å²) in [5.41, 5.74) is 5.47. The van der Waals surface area contributed by atoms with Crippen molar-refractivity contribution in [2.75, 3.05) is 5.32 Å². The van der Waals surface area contributed by atoms with Crippen LogP contribution in [0, 0.1) is 0 Å². The zero-order chi connectivity index (χ0) is 19.4. The van der Waals surface area contributed by atoms with Gasteiger partial charge in [-0.25, -0.2) is 4.99 Å². The van der Waals surface area contributed by atoms with Crippen LogP contribution in [-0.2, 0) is 12.7 Å². The molecule has 0 amide bonds. The first-order valence-electron chi connectivity index (χ1n) is 7.12. The molecule has 11 heteroatoms. The summed E-state index contributed by atoms with van der Waals surface area (Å²) in [6, 6.07) is 9.36. The first-order valence-corrected chi connectivity index (χ1v) is 7.12. The van der Waals surface area contributed by atoms with Crippen molar-refractivity contribution < 1.29 is 31.1 Å². The van der Waals surface area contributed by atoms with Crippen molar-refractivity contribution in [3.63, 3.8) is 0 Å². The summed E-state index contributed by atoms with van der Waals surface area (Å²) in [5, 5.41) is 2.62. The number of rotatable bonds is 4. The number of anilines is 1. The number of ether oxygens (including phenoxy) is 1. The van der Waals surface area contributed by atoms with Crippen molar-refractivity contribution in [2.24, 2.45) is 10.7 Å². The summed E-state index contributed by atoms with van der Waals surface area (Å²) in [5.74, 6) is -0.505. The van der Waals surface area contributed by atoms with Gasteiger partial charge in [0.1, 0.15) is 5.75 Å². The first kappa shape index (κ1) is 22.9. The van der Waals surface area contributed by atoms with Crippen molar-refractivity contribution in [3.05, 3.63) is 59.7 Å². The summed E-state index contributed by atoms with van der Waals surface area (Å²) in [6.07, 6.45) is -9.25. The normalized spacial score (nSPS) is 12.3. The molecule has 0 aliphatic rings. The van der Waals surface area contributed by atoms with E-state index >= 15 is 0 Å². The van der Waals surface area contributed by atoms with E-state index in [0.29, 0.717) is 11.3 Å². The largest absolute Gasteiger partial charge is 0.573 e. The quantitative estimate of drug-likeness (QED) is 0.262. The number of hydrogen-bond acceptors (Lipinski definition) is 2. The molecular formula is C16H14F6IN3O. The number of hydrogen-bond donors (Lipinski definition) is 2. The Kier molecular flexibility index (Phi) is 7.75. The number of alkyl halides is 6. The Morgan fingerprint density at radius 1 is 1.00 bits per heavy atom. The lowest BCUT2D eigenvalue weighted by Crippen LogP contribution is -2.22. The molecule has 0 aliphatic carbocycles. The molecule has 0 atom stereocenters. The van der Waals surface area contributed by atoms with E-state index in [-0.39, 0.29) is 36.5 Å². The van der Waals surface area contributed by atoms with Crippen molar-refractivity contribution in [1.82, 2.24) is 0 Å². The van der Waals surface area contributed by atoms with Gasteiger partial charge in [-0.05, 0) is 42.0 Å². The number of benzene rings is 2. The molecule has 4 nitrogen and oxygen atoms in total. The van der Waals surface area contributed by atoms with Crippen LogP contribution in [0.15, 0.2) is 53.5 Å². The smallest absolute Gasteiger partial charge is 0.406 e. The van der Waals surface area contributed by atoms with Gasteiger partial charge in [0.25, 0.3) is 0 Å². The molecule has 0 aliphatic heterocycles. The molecule has 0 heterocycles. The van der Waals surface area contributed by atoms with E-state index in [4.69, 9.17) is 5.73 Å². The predicted molar refractivity (Wildman–Crippen MR) is 98.9 cm³/mol. The van der Waals surface area contributed by atoms with Gasteiger partial charge >= 0.3 is 12.5 Å². The summed E-state index contributed by atoms with van der Waals surface area (Å²) in [6.45, 7) is -0.0992. The minimum atomic E-state index is -4.79. The van der Waals surface area contributed by atoms with Crippen LogP contribution in [-0.4, -0.2) is 12.3 Å². The molecule has 27 heavy (non-hydrogen) atoms. The SMILES string of the molecule is I.NC(=NCc1cccc(C(F)(F)F)c1)Nc1ccc(OC(F)(F)F)cc1. The van der Waals surface area contributed by atoms with E-state index in [1.165, 1.54) is 24.3 Å². The van der Waals surface area contributed by atoms with E-state index < -0.39 is 23.9 Å². The molecule has 2 aromatic carbocycles. The number of nitrogens with one attached hydrogen (secondary N) is 1. The topological polar surface area (TPSA) is 59.6 Å². The molecule has 148 valence electrons. The van der Waals surface area contributed by atoms with Crippen LogP contribution in [0.4, 0.5) is 32.0 Å². The highest BCUT2D eigenvalue weighted by Gasteiger charge is 2.31. The van der Waals surface area contributed by atoms with E-state index in [9.17, 15) is 26.3 Å². The molecule has 2 aromatic rings. The summed E-state index contributed by atoms with van der Waals surface area (Å²) < 4.78 is 77.8. The van der Waals surface area contributed by atoms with Gasteiger partial charge in [-0.3, -0.25) is 0 Å². The average molecular weight is 505 g/mol. The van der Waals surface area contributed by atoms with Crippen LogP contribution < -0.4 is 15.8 Å². The molecule has 0 spiro atoms. The van der Waals surface area contributed by atoms with E-state index in [0.717, 1.165) is 24.3 Å². The number of halogens is 7. The highest BCUT2D eigenvalue weighted by atomic mass is 127. The van der Waals surface area contributed by atoms with Crippen LogP contribution in [0.1, 0.15) is 11.1 Å². The Morgan fingerprint density at radius 2 is 1.63 bits per heavy atom. The highest BCUT2D eigenvalue weighted by molar-refractivity contribution is 14.0. The second-order valence-electron chi connectivity index (χ2n) is 5.10. The van der Waals surface area contributed by atoms with Gasteiger partial charge in [-0.15, -0.1) is 37.1 Å². The van der Waals surface area contributed by atoms with E-state index in [1.54, 1.807) is 0 Å². The van der Waals surface area contributed by atoms with Crippen LogP contribution in [0.2, 0.25) is 0 Å². The summed E-state index contributed by atoms with van der Waals surface area (Å²) in [4.78, 5) is 3.90. The fourth-order valence-corrected chi connectivity index (χ4v) is 1.95. The molecule has 0 fully saturated rings. The lowest BCUT2D eigenvalue weighted by molar-refractivity contribution is -0.274. The van der Waals surface area contributed by atoms with Gasteiger partial charge in [-0.1, -0.05) is 12.1 Å². The second-order valence-corrected chi connectivity index (χ2v) is 5.10. The number of nitrogens with two attached hydrogens (primary N) is 1. The third kappa shape index (κ3) is 7.93. The fourth-order valence-electron chi connectivity index (χ4n) is 1.95. The zero-order valence-corrected chi connectivity index (χ0v) is 15.8. The maximum Gasteiger partial charge on any atom is 0.573 e. The van der Waals surface area contributed by atoms with Crippen LogP contribution in [0.25, 0.3) is 0 Å². The van der Waals surface area contributed by atoms with Crippen LogP contribution in [0.5, 0.6) is 5.75 Å². The van der Waals surface area contributed by atoms with E-state index in [2.05, 4.69) is 15.0 Å². The van der Waals surface area contributed by atoms with Gasteiger partial charge in [-0.2, -0.15) is 13.2 Å². The van der Waals surface area contributed by atoms with Crippen molar-refractivity contribution in [3.8, 4) is 5.75 Å². The minimum Gasteiger partial charge on any atom is -0.406 e. The molecular weight excluding hydrogens is 491 g/mol. The summed E-state index contributed by atoms with van der Waals surface area (Å²) in [7, 11) is 0. The molecule has 0 aromatic heterocycles. The fraction of sp³-hybridized carbons (Fsp3) is 0.188. The molecule has 0 saturated carbocycles. The Morgan fingerprint density at radius 3 is 2.19 bits per heavy atom. The zero-order valence-electron chi connectivity index (χ0n) is 13.4. The van der Waals surface area contributed by atoms with Gasteiger partial charge in [0.2, 0.25) is 0 Å². The lowest BCUT2D eigenvalue weighted by Gasteiger charge is -2.10. The monoisotopic (exact) mass is 505 g/mol. The van der Waals surface area contributed by atoms with Crippen molar-refractivity contribution in [2.45, 2.75) is 19.1 Å². The summed E-state index contributed by atoms with van der Waals surface area (Å²) >= 11 is 0. The Labute approximate surface area is 167 Å². The number of aliphatic imine (C=N–C) groups is 1.